The molecule has 2 saturated heterocycles. The second-order valence-corrected chi connectivity index (χ2v) is 17.6. The molecule has 0 aromatic carbocycles. The third kappa shape index (κ3) is 13.8. The second kappa shape index (κ2) is 21.3. The van der Waals surface area contributed by atoms with Crippen molar-refractivity contribution in [1.82, 2.24) is 19.1 Å². The zero-order valence-corrected chi connectivity index (χ0v) is 33.2. The maximum atomic E-state index is 12.8. The molecule has 0 radical (unpaired) electrons. The fraction of sp³-hybridized carbons (Fsp3) is 0.765. The maximum Gasteiger partial charge on any atom is 0.472 e. The number of aliphatic hydroxyl groups excluding tert-OH is 2. The fourth-order valence-corrected chi connectivity index (χ4v) is 9.08. The second-order valence-electron chi connectivity index (χ2n) is 14.2. The number of aromatic amines is 2. The topological polar surface area (TPSA) is 271 Å². The molecular formula is C34H56N4O15P2. The van der Waals surface area contributed by atoms with Crippen LogP contribution in [0.25, 0.3) is 0 Å². The first-order chi connectivity index (χ1) is 26.1. The van der Waals surface area contributed by atoms with Gasteiger partial charge in [0.25, 0.3) is 11.1 Å². The largest absolute Gasteiger partial charge is 0.472 e. The number of phosphoric ester groups is 1. The summed E-state index contributed by atoms with van der Waals surface area (Å²) in [5.41, 5.74) is -1.84. The van der Waals surface area contributed by atoms with E-state index >= 15 is 0 Å². The van der Waals surface area contributed by atoms with Gasteiger partial charge in [0.05, 0.1) is 25.9 Å². The molecule has 0 bridgehead atoms. The molecule has 55 heavy (non-hydrogen) atoms. The summed E-state index contributed by atoms with van der Waals surface area (Å²) in [6.07, 6.45) is 8.03. The lowest BCUT2D eigenvalue weighted by Crippen LogP contribution is -2.33. The van der Waals surface area contributed by atoms with E-state index < -0.39 is 88.0 Å². The molecule has 0 aliphatic carbocycles. The van der Waals surface area contributed by atoms with E-state index in [1.54, 1.807) is 6.92 Å². The molecule has 4 rings (SSSR count). The van der Waals surface area contributed by atoms with E-state index in [1.165, 1.54) is 23.9 Å². The van der Waals surface area contributed by atoms with Gasteiger partial charge in [-0.1, -0.05) is 64.2 Å². The molecule has 2 aromatic rings. The molecule has 2 fully saturated rings. The average Bonchev–Trinajstić information content (AvgIpc) is 3.71. The lowest BCUT2D eigenvalue weighted by Gasteiger charge is -2.20. The van der Waals surface area contributed by atoms with Crippen LogP contribution in [-0.4, -0.2) is 89.5 Å². The van der Waals surface area contributed by atoms with Crippen molar-refractivity contribution in [2.45, 2.75) is 141 Å². The summed E-state index contributed by atoms with van der Waals surface area (Å²) in [5.74, 6) is 0. The lowest BCUT2D eigenvalue weighted by atomic mass is 10.1. The monoisotopic (exact) mass is 822 g/mol. The lowest BCUT2D eigenvalue weighted by molar-refractivity contribution is -0.0464. The van der Waals surface area contributed by atoms with Crippen LogP contribution in [-0.2, 0) is 32.2 Å². The highest BCUT2D eigenvalue weighted by Crippen LogP contribution is 2.49. The van der Waals surface area contributed by atoms with Gasteiger partial charge in [-0.3, -0.25) is 42.3 Å². The summed E-state index contributed by atoms with van der Waals surface area (Å²) >= 11 is 0. The average molecular weight is 823 g/mol. The maximum absolute atomic E-state index is 12.8. The van der Waals surface area contributed by atoms with Crippen molar-refractivity contribution < 1.29 is 52.2 Å². The molecule has 0 spiro atoms. The summed E-state index contributed by atoms with van der Waals surface area (Å²) in [5, 5.41) is 19.4. The molecule has 0 amide bonds. The van der Waals surface area contributed by atoms with Crippen molar-refractivity contribution in [3.8, 4) is 0 Å². The number of hydrogen-bond donors (Lipinski definition) is 6. The number of ether oxygens (including phenoxy) is 2. The summed E-state index contributed by atoms with van der Waals surface area (Å²) in [6.45, 7) is 2.11. The Balaban J connectivity index is 0.996. The first kappa shape index (κ1) is 45.2. The fourth-order valence-electron chi connectivity index (χ4n) is 6.72. The van der Waals surface area contributed by atoms with Crippen molar-refractivity contribution >= 4 is 15.4 Å². The van der Waals surface area contributed by atoms with Gasteiger partial charge in [0.1, 0.15) is 30.8 Å². The molecule has 2 aliphatic heterocycles. The van der Waals surface area contributed by atoms with E-state index in [0.29, 0.717) is 18.4 Å². The van der Waals surface area contributed by atoms with Gasteiger partial charge in [-0.25, -0.2) is 14.2 Å². The highest BCUT2D eigenvalue weighted by atomic mass is 31.2. The van der Waals surface area contributed by atoms with E-state index in [0.717, 1.165) is 68.8 Å². The van der Waals surface area contributed by atoms with E-state index in [2.05, 4.69) is 9.97 Å². The minimum atomic E-state index is -4.46. The van der Waals surface area contributed by atoms with Crippen LogP contribution in [0.1, 0.15) is 113 Å². The van der Waals surface area contributed by atoms with Crippen molar-refractivity contribution in [2.75, 3.05) is 26.0 Å². The quantitative estimate of drug-likeness (QED) is 0.0656. The number of phosphoric acid groups is 1. The zero-order chi connectivity index (χ0) is 40.2. The Bertz CT molecular complexity index is 1730. The molecule has 6 N–H and O–H groups in total. The summed E-state index contributed by atoms with van der Waals surface area (Å²) in [4.78, 5) is 72.9. The highest BCUT2D eigenvalue weighted by Gasteiger charge is 2.42. The molecule has 0 saturated carbocycles. The van der Waals surface area contributed by atoms with Crippen LogP contribution in [0.5, 0.6) is 0 Å². The zero-order valence-electron chi connectivity index (χ0n) is 31.4. The summed E-state index contributed by atoms with van der Waals surface area (Å²) in [7, 11) is -8.42. The Morgan fingerprint density at radius 1 is 0.673 bits per heavy atom. The van der Waals surface area contributed by atoms with Gasteiger partial charge < -0.3 is 34.0 Å². The van der Waals surface area contributed by atoms with Crippen molar-refractivity contribution in [3.05, 3.63) is 65.2 Å². The van der Waals surface area contributed by atoms with E-state index in [4.69, 9.17) is 23.0 Å². The standard InChI is InChI=1S/C34H56N4O15P2/c1-23-19-37(33(43)35-31(23)41)29-17-25(27(21-39)50-29)52-54(45,46)16-14-12-10-8-6-4-3-5-7-9-11-13-15-49-55(47,48)53-26-18-30(51-28(26)22-40)38-20-24(2)32(42)36-34(38)44/h19-20,25-30,39-40H,3-18,21-22H2,1-2H3,(H,45,46)(H,47,48)(H,35,41,43)(H,36,42,44)/t25-,26-,27+,28+,29+,30+/m0/s1. The number of aromatic nitrogens is 4. The number of nitrogens with zero attached hydrogens (tertiary/aromatic N) is 2. The Morgan fingerprint density at radius 3 is 1.51 bits per heavy atom. The van der Waals surface area contributed by atoms with Gasteiger partial charge in [-0.2, -0.15) is 0 Å². The van der Waals surface area contributed by atoms with Crippen LogP contribution in [0.2, 0.25) is 0 Å². The van der Waals surface area contributed by atoms with Gasteiger partial charge in [-0.05, 0) is 26.7 Å². The Labute approximate surface area is 318 Å². The van der Waals surface area contributed by atoms with Crippen LogP contribution < -0.4 is 22.5 Å². The summed E-state index contributed by atoms with van der Waals surface area (Å²) in [6, 6.07) is 0. The van der Waals surface area contributed by atoms with Crippen LogP contribution >= 0.6 is 15.4 Å². The number of unbranched alkanes of at least 4 members (excludes halogenated alkanes) is 11. The van der Waals surface area contributed by atoms with Gasteiger partial charge in [0.15, 0.2) is 0 Å². The van der Waals surface area contributed by atoms with Crippen LogP contribution in [0.4, 0.5) is 0 Å². The van der Waals surface area contributed by atoms with Crippen LogP contribution in [0, 0.1) is 13.8 Å². The van der Waals surface area contributed by atoms with Crippen molar-refractivity contribution in [1.29, 1.82) is 0 Å². The molecule has 8 atom stereocenters. The highest BCUT2D eigenvalue weighted by molar-refractivity contribution is 7.52. The minimum absolute atomic E-state index is 0.00736. The van der Waals surface area contributed by atoms with Crippen molar-refractivity contribution in [2.24, 2.45) is 0 Å². The number of nitrogens with one attached hydrogen (secondary N) is 2. The predicted molar refractivity (Wildman–Crippen MR) is 199 cm³/mol. The van der Waals surface area contributed by atoms with Gasteiger partial charge in [-0.15, -0.1) is 0 Å². The number of aryl methyl sites for hydroxylation is 2. The van der Waals surface area contributed by atoms with Crippen molar-refractivity contribution in [3.63, 3.8) is 0 Å². The van der Waals surface area contributed by atoms with Crippen LogP contribution in [0.15, 0.2) is 31.6 Å². The van der Waals surface area contributed by atoms with E-state index in [-0.39, 0.29) is 31.2 Å². The predicted octanol–water partition coefficient (Wildman–Crippen LogP) is 3.02. The first-order valence-corrected chi connectivity index (χ1v) is 22.2. The third-order valence-electron chi connectivity index (χ3n) is 9.79. The van der Waals surface area contributed by atoms with E-state index in [1.807, 2.05) is 0 Å². The van der Waals surface area contributed by atoms with Gasteiger partial charge in [0, 0.05) is 42.5 Å². The van der Waals surface area contributed by atoms with E-state index in [9.17, 15) is 48.3 Å². The Hall–Kier alpha value is -2.54. The third-order valence-corrected chi connectivity index (χ3v) is 12.3. The molecule has 4 heterocycles. The molecule has 2 unspecified atom stereocenters. The molecular weight excluding hydrogens is 766 g/mol. The molecule has 312 valence electrons. The minimum Gasteiger partial charge on any atom is -0.394 e. The first-order valence-electron chi connectivity index (χ1n) is 19.0. The van der Waals surface area contributed by atoms with Crippen LogP contribution in [0.3, 0.4) is 0 Å². The number of H-pyrrole nitrogens is 2. The Morgan fingerprint density at radius 2 is 1.07 bits per heavy atom. The normalized spacial score (nSPS) is 24.9. The number of aliphatic hydroxyl groups is 2. The van der Waals surface area contributed by atoms with Gasteiger partial charge >= 0.3 is 26.8 Å². The van der Waals surface area contributed by atoms with Gasteiger partial charge in [0.2, 0.25) is 0 Å². The molecule has 21 heteroatoms. The smallest absolute Gasteiger partial charge is 0.394 e. The molecule has 2 aliphatic rings. The molecule has 2 aromatic heterocycles. The SMILES string of the molecule is Cc1cn([C@H]2C[C@H](OP(=O)(O)CCCCCCCCCCCCCCOP(=O)(O)O[C@H]3C[C@H](n4cc(C)c(=O)[nH]c4=O)O[C@@H]3CO)[C@@H](CO)O2)c(=O)[nH]c1=O. The number of hydrogen-bond acceptors (Lipinski definition) is 13. The Kier molecular flexibility index (Phi) is 17.5. The number of rotatable bonds is 24. The summed E-state index contributed by atoms with van der Waals surface area (Å²) < 4.78 is 55.0. The molecule has 19 nitrogen and oxygen atoms in total.